The quantitative estimate of drug-likeness (QED) is 0.854. The topological polar surface area (TPSA) is 59.1 Å². The van der Waals surface area contributed by atoms with E-state index in [1.165, 1.54) is 12.3 Å². The number of nitrogens with zero attached hydrogens (tertiary/aromatic N) is 1. The molecular weight excluding hydrogens is 260 g/mol. The molecule has 0 saturated heterocycles. The second-order valence-electron chi connectivity index (χ2n) is 4.42. The van der Waals surface area contributed by atoms with E-state index in [-0.39, 0.29) is 4.90 Å². The third-order valence-electron chi connectivity index (χ3n) is 3.11. The first-order valence-corrected chi connectivity index (χ1v) is 7.60. The molecule has 0 unspecified atom stereocenters. The van der Waals surface area contributed by atoms with Crippen LogP contribution >= 0.6 is 11.6 Å². The molecule has 94 valence electrons. The fraction of sp³-hybridized carbons (Fsp3) is 0.545. The number of hydrogen-bond donors (Lipinski definition) is 1. The number of rotatable bonds is 4. The lowest BCUT2D eigenvalue weighted by Crippen LogP contribution is -2.47. The van der Waals surface area contributed by atoms with Crippen LogP contribution in [-0.4, -0.2) is 24.8 Å². The molecule has 17 heavy (non-hydrogen) atoms. The molecule has 4 nitrogen and oxygen atoms in total. The Balaban J connectivity index is 2.23. The summed E-state index contributed by atoms with van der Waals surface area (Å²) in [5.41, 5.74) is -0.476. The van der Waals surface area contributed by atoms with Crippen LogP contribution < -0.4 is 4.72 Å². The lowest BCUT2D eigenvalue weighted by molar-refractivity contribution is 0.432. The summed E-state index contributed by atoms with van der Waals surface area (Å²) in [6.07, 6.45) is 6.53. The van der Waals surface area contributed by atoms with Crippen LogP contribution in [0.15, 0.2) is 29.4 Å². The van der Waals surface area contributed by atoms with E-state index in [1.54, 1.807) is 12.3 Å². The van der Waals surface area contributed by atoms with Crippen LogP contribution in [-0.2, 0) is 10.0 Å². The monoisotopic (exact) mass is 274 g/mol. The van der Waals surface area contributed by atoms with Gasteiger partial charge in [-0.1, -0.05) is 12.8 Å². The van der Waals surface area contributed by atoms with Gasteiger partial charge >= 0.3 is 0 Å². The number of nitrogens with one attached hydrogen (secondary N) is 1. The standard InChI is InChI=1S/C11H15ClN2O2S/c12-9-11(5-1-2-6-11)14-17(15,16)10-4-3-7-13-8-10/h3-4,7-8,14H,1-2,5-6,9H2. The van der Waals surface area contributed by atoms with Gasteiger partial charge in [0.05, 0.1) is 0 Å². The van der Waals surface area contributed by atoms with Crippen molar-refractivity contribution in [1.29, 1.82) is 0 Å². The van der Waals surface area contributed by atoms with E-state index >= 15 is 0 Å². The minimum absolute atomic E-state index is 0.191. The van der Waals surface area contributed by atoms with Crippen LogP contribution in [0.4, 0.5) is 0 Å². The van der Waals surface area contributed by atoms with Gasteiger partial charge in [0.2, 0.25) is 10.0 Å². The zero-order valence-corrected chi connectivity index (χ0v) is 11.0. The Morgan fingerprint density at radius 3 is 2.65 bits per heavy atom. The Hall–Kier alpha value is -0.650. The Labute approximate surface area is 106 Å². The summed E-state index contributed by atoms with van der Waals surface area (Å²) < 4.78 is 27.0. The van der Waals surface area contributed by atoms with Gasteiger partial charge in [0.15, 0.2) is 0 Å². The molecule has 2 rings (SSSR count). The van der Waals surface area contributed by atoms with Gasteiger partial charge in [0.25, 0.3) is 0 Å². The van der Waals surface area contributed by atoms with E-state index in [0.717, 1.165) is 25.7 Å². The van der Waals surface area contributed by atoms with Crippen molar-refractivity contribution in [2.24, 2.45) is 0 Å². The van der Waals surface area contributed by atoms with Crippen molar-refractivity contribution in [2.45, 2.75) is 36.1 Å². The fourth-order valence-electron chi connectivity index (χ4n) is 2.16. The van der Waals surface area contributed by atoms with Crippen molar-refractivity contribution in [3.8, 4) is 0 Å². The molecule has 1 aromatic rings. The summed E-state index contributed by atoms with van der Waals surface area (Å²) in [5.74, 6) is 0.312. The van der Waals surface area contributed by atoms with Crippen LogP contribution in [0.25, 0.3) is 0 Å². The molecule has 1 heterocycles. The van der Waals surface area contributed by atoms with Gasteiger partial charge < -0.3 is 0 Å². The van der Waals surface area contributed by atoms with Crippen LogP contribution in [0.2, 0.25) is 0 Å². The average molecular weight is 275 g/mol. The van der Waals surface area contributed by atoms with Crippen molar-refractivity contribution >= 4 is 21.6 Å². The number of hydrogen-bond acceptors (Lipinski definition) is 3. The van der Waals surface area contributed by atoms with Crippen molar-refractivity contribution in [3.05, 3.63) is 24.5 Å². The van der Waals surface area contributed by atoms with Crippen LogP contribution in [0.3, 0.4) is 0 Å². The predicted molar refractivity (Wildman–Crippen MR) is 66.5 cm³/mol. The average Bonchev–Trinajstić information content (AvgIpc) is 2.79. The van der Waals surface area contributed by atoms with Gasteiger partial charge in [0.1, 0.15) is 4.90 Å². The highest BCUT2D eigenvalue weighted by molar-refractivity contribution is 7.89. The van der Waals surface area contributed by atoms with E-state index in [4.69, 9.17) is 11.6 Å². The van der Waals surface area contributed by atoms with E-state index in [0.29, 0.717) is 5.88 Å². The van der Waals surface area contributed by atoms with Gasteiger partial charge in [-0.05, 0) is 25.0 Å². The molecular formula is C11H15ClN2O2S. The first-order chi connectivity index (χ1) is 8.08. The molecule has 0 aromatic carbocycles. The minimum Gasteiger partial charge on any atom is -0.263 e. The SMILES string of the molecule is O=S(=O)(NC1(CCl)CCCC1)c1cccnc1. The summed E-state index contributed by atoms with van der Waals surface area (Å²) in [6, 6.07) is 3.14. The number of pyridine rings is 1. The predicted octanol–water partition coefficient (Wildman–Crippen LogP) is 1.91. The highest BCUT2D eigenvalue weighted by Gasteiger charge is 2.37. The maximum absolute atomic E-state index is 12.1. The van der Waals surface area contributed by atoms with Gasteiger partial charge in [-0.25, -0.2) is 13.1 Å². The number of aromatic nitrogens is 1. The van der Waals surface area contributed by atoms with Crippen molar-refractivity contribution in [2.75, 3.05) is 5.88 Å². The summed E-state index contributed by atoms with van der Waals surface area (Å²) in [4.78, 5) is 4.01. The Morgan fingerprint density at radius 2 is 2.12 bits per heavy atom. The molecule has 0 radical (unpaired) electrons. The zero-order chi connectivity index (χ0) is 12.4. The smallest absolute Gasteiger partial charge is 0.242 e. The van der Waals surface area contributed by atoms with E-state index in [2.05, 4.69) is 9.71 Å². The molecule has 1 saturated carbocycles. The van der Waals surface area contributed by atoms with E-state index in [9.17, 15) is 8.42 Å². The molecule has 6 heteroatoms. The minimum atomic E-state index is -3.51. The van der Waals surface area contributed by atoms with Gasteiger partial charge in [-0.2, -0.15) is 0 Å². The largest absolute Gasteiger partial charge is 0.263 e. The lowest BCUT2D eigenvalue weighted by Gasteiger charge is -2.27. The number of halogens is 1. The van der Waals surface area contributed by atoms with Crippen LogP contribution in [0, 0.1) is 0 Å². The molecule has 1 fully saturated rings. The third-order valence-corrected chi connectivity index (χ3v) is 5.19. The van der Waals surface area contributed by atoms with E-state index < -0.39 is 15.6 Å². The molecule has 1 aromatic heterocycles. The summed E-state index contributed by atoms with van der Waals surface area (Å²) in [6.45, 7) is 0. The molecule has 0 bridgehead atoms. The second kappa shape index (κ2) is 4.92. The van der Waals surface area contributed by atoms with Crippen molar-refractivity contribution in [1.82, 2.24) is 9.71 Å². The first kappa shape index (κ1) is 12.8. The normalized spacial score (nSPS) is 19.4. The summed E-state index contributed by atoms with van der Waals surface area (Å²) >= 11 is 5.92. The van der Waals surface area contributed by atoms with Crippen LogP contribution in [0.5, 0.6) is 0 Å². The molecule has 1 aliphatic carbocycles. The number of sulfonamides is 1. The molecule has 0 amide bonds. The van der Waals surface area contributed by atoms with Crippen molar-refractivity contribution in [3.63, 3.8) is 0 Å². The number of alkyl halides is 1. The fourth-order valence-corrected chi connectivity index (χ4v) is 4.00. The van der Waals surface area contributed by atoms with E-state index in [1.807, 2.05) is 0 Å². The van der Waals surface area contributed by atoms with Gasteiger partial charge in [-0.3, -0.25) is 4.98 Å². The summed E-state index contributed by atoms with van der Waals surface area (Å²) in [7, 11) is -3.51. The molecule has 0 spiro atoms. The highest BCUT2D eigenvalue weighted by atomic mass is 35.5. The second-order valence-corrected chi connectivity index (χ2v) is 6.36. The van der Waals surface area contributed by atoms with Gasteiger partial charge in [-0.15, -0.1) is 11.6 Å². The Kier molecular flexibility index (Phi) is 3.70. The lowest BCUT2D eigenvalue weighted by atomic mass is 10.0. The van der Waals surface area contributed by atoms with Crippen LogP contribution in [0.1, 0.15) is 25.7 Å². The van der Waals surface area contributed by atoms with Crippen molar-refractivity contribution < 1.29 is 8.42 Å². The maximum atomic E-state index is 12.1. The summed E-state index contributed by atoms with van der Waals surface area (Å²) in [5, 5.41) is 0. The highest BCUT2D eigenvalue weighted by Crippen LogP contribution is 2.32. The van der Waals surface area contributed by atoms with Gasteiger partial charge in [0, 0.05) is 23.8 Å². The molecule has 0 atom stereocenters. The first-order valence-electron chi connectivity index (χ1n) is 5.58. The third kappa shape index (κ3) is 2.78. The Bertz CT molecular complexity index is 470. The molecule has 1 aliphatic rings. The maximum Gasteiger partial charge on any atom is 0.242 e. The molecule has 0 aliphatic heterocycles. The zero-order valence-electron chi connectivity index (χ0n) is 9.39. The Morgan fingerprint density at radius 1 is 1.41 bits per heavy atom. The molecule has 1 N–H and O–H groups in total.